The second-order valence-corrected chi connectivity index (χ2v) is 7.75. The van der Waals surface area contributed by atoms with Crippen molar-refractivity contribution < 1.29 is 31.5 Å². The molecule has 10 heteroatoms. The molecule has 1 amide bonds. The molecule has 130 valence electrons. The average molecular weight is 362 g/mol. The van der Waals surface area contributed by atoms with Gasteiger partial charge in [0.15, 0.2) is 9.84 Å². The quantitative estimate of drug-likeness (QED) is 0.646. The van der Waals surface area contributed by atoms with E-state index in [-0.39, 0.29) is 5.57 Å². The molecule has 0 unspecified atom stereocenters. The van der Waals surface area contributed by atoms with Crippen molar-refractivity contribution in [2.75, 3.05) is 6.26 Å². The van der Waals surface area contributed by atoms with Crippen LogP contribution in [0, 0.1) is 0 Å². The number of aliphatic hydroxyl groups is 1. The van der Waals surface area contributed by atoms with Crippen molar-refractivity contribution in [2.24, 2.45) is 10.2 Å². The van der Waals surface area contributed by atoms with Crippen LogP contribution in [0.4, 0.5) is 13.2 Å². The normalized spacial score (nSPS) is 19.7. The molecule has 1 aliphatic heterocycles. The molecular weight excluding hydrogens is 349 g/mol. The molecule has 24 heavy (non-hydrogen) atoms. The fraction of sp³-hybridized carbons (Fsp3) is 0.357. The number of halogens is 3. The van der Waals surface area contributed by atoms with E-state index in [0.717, 1.165) is 6.07 Å². The summed E-state index contributed by atoms with van der Waals surface area (Å²) in [6, 6.07) is 1.85. The van der Waals surface area contributed by atoms with Crippen molar-refractivity contribution in [1.29, 1.82) is 0 Å². The summed E-state index contributed by atoms with van der Waals surface area (Å²) in [5.41, 5.74) is -3.10. The minimum Gasteiger partial charge on any atom is -0.507 e. The van der Waals surface area contributed by atoms with Crippen molar-refractivity contribution in [3.8, 4) is 0 Å². The van der Waals surface area contributed by atoms with E-state index in [9.17, 15) is 31.5 Å². The first-order valence-corrected chi connectivity index (χ1v) is 8.47. The number of nitrogens with zero attached hydrogens (tertiary/aromatic N) is 2. The summed E-state index contributed by atoms with van der Waals surface area (Å²) >= 11 is 0. The van der Waals surface area contributed by atoms with Crippen LogP contribution < -0.4 is 0 Å². The first kappa shape index (κ1) is 18.1. The SMILES string of the molecule is CC1(C)N=NC(=O)C1=C(O)c1ccc(C(F)(F)F)cc1S(C)(=O)=O. The van der Waals surface area contributed by atoms with Gasteiger partial charge in [-0.1, -0.05) is 0 Å². The molecule has 0 atom stereocenters. The minimum atomic E-state index is -4.76. The Morgan fingerprint density at radius 3 is 2.25 bits per heavy atom. The third-order valence-electron chi connectivity index (χ3n) is 3.42. The van der Waals surface area contributed by atoms with Crippen LogP contribution in [0.1, 0.15) is 25.0 Å². The van der Waals surface area contributed by atoms with E-state index in [1.807, 2.05) is 0 Å². The number of hydrogen-bond acceptors (Lipinski definition) is 5. The van der Waals surface area contributed by atoms with Gasteiger partial charge >= 0.3 is 6.18 Å². The zero-order valence-electron chi connectivity index (χ0n) is 12.8. The number of azo groups is 1. The second-order valence-electron chi connectivity index (χ2n) is 5.77. The molecule has 0 aliphatic carbocycles. The fourth-order valence-corrected chi connectivity index (χ4v) is 3.16. The molecule has 1 aliphatic rings. The molecule has 0 saturated heterocycles. The largest absolute Gasteiger partial charge is 0.507 e. The third-order valence-corrected chi connectivity index (χ3v) is 4.55. The van der Waals surface area contributed by atoms with Gasteiger partial charge in [0.25, 0.3) is 5.91 Å². The Morgan fingerprint density at radius 1 is 1.25 bits per heavy atom. The van der Waals surface area contributed by atoms with Crippen molar-refractivity contribution in [3.05, 3.63) is 34.9 Å². The Bertz CT molecular complexity index is 884. The van der Waals surface area contributed by atoms with Crippen LogP contribution in [0.15, 0.2) is 38.9 Å². The molecule has 6 nitrogen and oxygen atoms in total. The Hall–Kier alpha value is -2.23. The molecule has 1 aromatic rings. The smallest absolute Gasteiger partial charge is 0.416 e. The lowest BCUT2D eigenvalue weighted by Gasteiger charge is -2.17. The topological polar surface area (TPSA) is 96.2 Å². The van der Waals surface area contributed by atoms with Crippen molar-refractivity contribution in [3.63, 3.8) is 0 Å². The Morgan fingerprint density at radius 2 is 1.83 bits per heavy atom. The molecule has 1 aromatic carbocycles. The number of hydrogen-bond donors (Lipinski definition) is 1. The molecular formula is C14H13F3N2O4S. The summed E-state index contributed by atoms with van der Waals surface area (Å²) in [6.45, 7) is 2.91. The van der Waals surface area contributed by atoms with Gasteiger partial charge in [-0.25, -0.2) is 8.42 Å². The van der Waals surface area contributed by atoms with Gasteiger partial charge in [-0.15, -0.1) is 5.11 Å². The van der Waals surface area contributed by atoms with Crippen molar-refractivity contribution in [1.82, 2.24) is 0 Å². The summed E-state index contributed by atoms with van der Waals surface area (Å²) in [5.74, 6) is -1.64. The number of amides is 1. The third kappa shape index (κ3) is 3.18. The Balaban J connectivity index is 2.79. The highest BCUT2D eigenvalue weighted by Gasteiger charge is 2.39. The number of alkyl halides is 3. The highest BCUT2D eigenvalue weighted by molar-refractivity contribution is 7.90. The molecule has 2 rings (SSSR count). The lowest BCUT2D eigenvalue weighted by Crippen LogP contribution is -2.21. The summed E-state index contributed by atoms with van der Waals surface area (Å²) in [7, 11) is -4.11. The Labute approximate surface area is 135 Å². The lowest BCUT2D eigenvalue weighted by atomic mass is 9.92. The van der Waals surface area contributed by atoms with E-state index in [1.54, 1.807) is 0 Å². The van der Waals surface area contributed by atoms with E-state index in [4.69, 9.17) is 0 Å². The maximum atomic E-state index is 12.8. The molecule has 1 N–H and O–H groups in total. The van der Waals surface area contributed by atoms with Crippen LogP contribution in [-0.2, 0) is 20.8 Å². The van der Waals surface area contributed by atoms with Crippen LogP contribution in [-0.4, -0.2) is 31.2 Å². The molecule has 0 bridgehead atoms. The molecule has 0 radical (unpaired) electrons. The predicted molar refractivity (Wildman–Crippen MR) is 78.0 cm³/mol. The predicted octanol–water partition coefficient (Wildman–Crippen LogP) is 3.15. The number of carbonyl (C=O) groups is 1. The van der Waals surface area contributed by atoms with E-state index in [1.165, 1.54) is 13.8 Å². The number of rotatable bonds is 2. The van der Waals surface area contributed by atoms with Gasteiger partial charge in [0.2, 0.25) is 0 Å². The second kappa shape index (κ2) is 5.40. The van der Waals surface area contributed by atoms with Gasteiger partial charge in [-0.3, -0.25) is 4.79 Å². The summed E-state index contributed by atoms with van der Waals surface area (Å²) < 4.78 is 62.2. The highest BCUT2D eigenvalue weighted by atomic mass is 32.2. The van der Waals surface area contributed by atoms with E-state index in [2.05, 4.69) is 10.2 Å². The number of carbonyl (C=O) groups excluding carboxylic acids is 1. The molecule has 0 fully saturated rings. The zero-order valence-corrected chi connectivity index (χ0v) is 13.7. The average Bonchev–Trinajstić information content (AvgIpc) is 2.69. The van der Waals surface area contributed by atoms with Crippen molar-refractivity contribution in [2.45, 2.75) is 30.5 Å². The van der Waals surface area contributed by atoms with Crippen molar-refractivity contribution >= 4 is 21.5 Å². The first-order chi connectivity index (χ1) is 10.7. The van der Waals surface area contributed by atoms with Crippen LogP contribution in [0.5, 0.6) is 0 Å². The van der Waals surface area contributed by atoms with Gasteiger partial charge in [-0.05, 0) is 32.0 Å². The lowest BCUT2D eigenvalue weighted by molar-refractivity contribution is -0.137. The first-order valence-electron chi connectivity index (χ1n) is 6.58. The van der Waals surface area contributed by atoms with Gasteiger partial charge in [-0.2, -0.15) is 18.3 Å². The van der Waals surface area contributed by atoms with Gasteiger partial charge in [0.1, 0.15) is 11.3 Å². The standard InChI is InChI=1S/C14H13F3N2O4S/c1-13(2)10(12(21)18-19-13)11(20)8-5-4-7(14(15,16)17)6-9(8)24(3,22)23/h4-6,20H,1-3H3. The van der Waals surface area contributed by atoms with Crippen LogP contribution in [0.25, 0.3) is 5.76 Å². The molecule has 1 heterocycles. The molecule has 0 aromatic heterocycles. The van der Waals surface area contributed by atoms with Gasteiger partial charge < -0.3 is 5.11 Å². The van der Waals surface area contributed by atoms with E-state index in [0.29, 0.717) is 18.4 Å². The summed E-state index contributed by atoms with van der Waals surface area (Å²) in [4.78, 5) is 11.0. The highest BCUT2D eigenvalue weighted by Crippen LogP contribution is 2.38. The summed E-state index contributed by atoms with van der Waals surface area (Å²) in [6.07, 6.45) is -4.05. The van der Waals surface area contributed by atoms with Gasteiger partial charge in [0, 0.05) is 11.8 Å². The fourth-order valence-electron chi connectivity index (χ4n) is 2.26. The minimum absolute atomic E-state index is 0.285. The maximum Gasteiger partial charge on any atom is 0.416 e. The van der Waals surface area contributed by atoms with Crippen LogP contribution in [0.2, 0.25) is 0 Å². The summed E-state index contributed by atoms with van der Waals surface area (Å²) in [5, 5.41) is 17.3. The van der Waals surface area contributed by atoms with Gasteiger partial charge in [0.05, 0.1) is 16.0 Å². The van der Waals surface area contributed by atoms with E-state index >= 15 is 0 Å². The molecule has 0 saturated carbocycles. The molecule has 0 spiro atoms. The number of sulfone groups is 1. The van der Waals surface area contributed by atoms with E-state index < -0.39 is 49.2 Å². The zero-order chi connectivity index (χ0) is 18.5. The number of benzene rings is 1. The van der Waals surface area contributed by atoms with Crippen LogP contribution in [0.3, 0.4) is 0 Å². The maximum absolute atomic E-state index is 12.8. The number of aliphatic hydroxyl groups excluding tert-OH is 1. The van der Waals surface area contributed by atoms with Crippen LogP contribution >= 0.6 is 0 Å². The monoisotopic (exact) mass is 362 g/mol. The Kier molecular flexibility index (Phi) is 4.08.